The lowest BCUT2D eigenvalue weighted by Crippen LogP contribution is -2.14. The van der Waals surface area contributed by atoms with E-state index >= 15 is 0 Å². The number of carbonyl (C=O) groups excluding carboxylic acids is 1. The minimum Gasteiger partial charge on any atom is -0.466 e. The molecule has 1 aromatic heterocycles. The Morgan fingerprint density at radius 2 is 2.18 bits per heavy atom. The second-order valence-electron chi connectivity index (χ2n) is 3.10. The van der Waals surface area contributed by atoms with E-state index in [1.807, 2.05) is 0 Å². The van der Waals surface area contributed by atoms with Crippen molar-refractivity contribution in [2.45, 2.75) is 19.5 Å². The molecule has 1 aromatic rings. The molecule has 17 heavy (non-hydrogen) atoms. The fraction of sp³-hybridized carbons (Fsp3) is 0.400. The Kier molecular flexibility index (Phi) is 4.72. The Hall–Kier alpha value is -0.860. The van der Waals surface area contributed by atoms with Crippen LogP contribution in [0.4, 0.5) is 13.2 Å². The lowest BCUT2D eigenvalue weighted by atomic mass is 10.2. The first-order valence-electron chi connectivity index (χ1n) is 4.72. The van der Waals surface area contributed by atoms with Crippen molar-refractivity contribution in [3.8, 4) is 0 Å². The van der Waals surface area contributed by atoms with Crippen LogP contribution in [0.5, 0.6) is 0 Å². The van der Waals surface area contributed by atoms with E-state index in [9.17, 15) is 18.0 Å². The Morgan fingerprint density at radius 1 is 1.53 bits per heavy atom. The van der Waals surface area contributed by atoms with Crippen LogP contribution in [0.25, 0.3) is 0 Å². The van der Waals surface area contributed by atoms with Crippen molar-refractivity contribution in [3.63, 3.8) is 0 Å². The monoisotopic (exact) mass is 359 g/mol. The van der Waals surface area contributed by atoms with Gasteiger partial charge in [-0.2, -0.15) is 13.2 Å². The highest BCUT2D eigenvalue weighted by molar-refractivity contribution is 14.1. The molecule has 94 valence electrons. The summed E-state index contributed by atoms with van der Waals surface area (Å²) in [5.74, 6) is -0.586. The van der Waals surface area contributed by atoms with Crippen LogP contribution in [-0.2, 0) is 22.1 Å². The number of esters is 1. The van der Waals surface area contributed by atoms with Crippen molar-refractivity contribution < 1.29 is 22.7 Å². The maximum atomic E-state index is 12.6. The number of nitrogens with zero attached hydrogens (tertiary/aromatic N) is 1. The van der Waals surface area contributed by atoms with Gasteiger partial charge in [0.2, 0.25) is 0 Å². The Morgan fingerprint density at radius 3 is 2.71 bits per heavy atom. The van der Waals surface area contributed by atoms with Gasteiger partial charge in [0.25, 0.3) is 0 Å². The summed E-state index contributed by atoms with van der Waals surface area (Å²) >= 11 is 1.54. The van der Waals surface area contributed by atoms with Crippen molar-refractivity contribution in [2.24, 2.45) is 0 Å². The van der Waals surface area contributed by atoms with Crippen molar-refractivity contribution in [3.05, 3.63) is 27.1 Å². The van der Waals surface area contributed by atoms with E-state index in [1.165, 1.54) is 22.6 Å². The summed E-state index contributed by atoms with van der Waals surface area (Å²) in [6.07, 6.45) is -3.65. The number of ether oxygens (including phenoxy) is 1. The van der Waals surface area contributed by atoms with Gasteiger partial charge in [0.05, 0.1) is 24.3 Å². The number of carbonyl (C=O) groups is 1. The summed E-state index contributed by atoms with van der Waals surface area (Å²) in [6, 6.07) is 0.885. The summed E-state index contributed by atoms with van der Waals surface area (Å²) in [5, 5.41) is 0. The maximum absolute atomic E-state index is 12.6. The van der Waals surface area contributed by atoms with Crippen molar-refractivity contribution >= 4 is 28.6 Å². The van der Waals surface area contributed by atoms with Gasteiger partial charge in [-0.15, -0.1) is 0 Å². The van der Waals surface area contributed by atoms with E-state index in [4.69, 9.17) is 0 Å². The van der Waals surface area contributed by atoms with Gasteiger partial charge in [-0.1, -0.05) is 0 Å². The summed E-state index contributed by atoms with van der Waals surface area (Å²) in [5.41, 5.74) is -0.703. The smallest absolute Gasteiger partial charge is 0.417 e. The molecule has 0 N–H and O–H groups in total. The number of hydrogen-bond acceptors (Lipinski definition) is 3. The third-order valence-electron chi connectivity index (χ3n) is 1.88. The number of aromatic nitrogens is 1. The van der Waals surface area contributed by atoms with E-state index in [0.717, 1.165) is 12.3 Å². The van der Waals surface area contributed by atoms with Crippen LogP contribution >= 0.6 is 22.6 Å². The topological polar surface area (TPSA) is 39.2 Å². The van der Waals surface area contributed by atoms with E-state index in [0.29, 0.717) is 0 Å². The highest BCUT2D eigenvalue weighted by atomic mass is 127. The normalized spacial score (nSPS) is 11.4. The first kappa shape index (κ1) is 14.2. The predicted molar refractivity (Wildman–Crippen MR) is 62.3 cm³/mol. The number of pyridine rings is 1. The second-order valence-corrected chi connectivity index (χ2v) is 4.18. The largest absolute Gasteiger partial charge is 0.466 e. The third kappa shape index (κ3) is 3.83. The van der Waals surface area contributed by atoms with Gasteiger partial charge in [0.1, 0.15) is 0 Å². The molecule has 0 atom stereocenters. The van der Waals surface area contributed by atoms with Crippen molar-refractivity contribution in [2.75, 3.05) is 6.61 Å². The van der Waals surface area contributed by atoms with Crippen molar-refractivity contribution in [1.82, 2.24) is 4.98 Å². The second kappa shape index (κ2) is 5.65. The van der Waals surface area contributed by atoms with Gasteiger partial charge >= 0.3 is 12.1 Å². The quantitative estimate of drug-likeness (QED) is 0.616. The van der Waals surface area contributed by atoms with Crippen LogP contribution in [0.2, 0.25) is 0 Å². The molecule has 1 heterocycles. The lowest BCUT2D eigenvalue weighted by Gasteiger charge is -2.11. The molecule has 0 aliphatic heterocycles. The van der Waals surface area contributed by atoms with Crippen LogP contribution in [0.3, 0.4) is 0 Å². The first-order valence-corrected chi connectivity index (χ1v) is 5.80. The zero-order chi connectivity index (χ0) is 13.1. The molecule has 0 aliphatic rings. The average molecular weight is 359 g/mol. The minimum atomic E-state index is -4.44. The van der Waals surface area contributed by atoms with Gasteiger partial charge in [-0.3, -0.25) is 9.78 Å². The first-order chi connectivity index (χ1) is 7.86. The molecule has 0 amide bonds. The molecule has 1 rings (SSSR count). The molecule has 0 aromatic carbocycles. The summed E-state index contributed by atoms with van der Waals surface area (Å²) in [7, 11) is 0. The molecule has 0 saturated heterocycles. The van der Waals surface area contributed by atoms with Crippen LogP contribution in [0.15, 0.2) is 12.3 Å². The molecular formula is C10H9F3INO2. The molecule has 3 nitrogen and oxygen atoms in total. The lowest BCUT2D eigenvalue weighted by molar-refractivity contribution is -0.143. The SMILES string of the molecule is CCOC(=O)Cc1nccc(C(F)(F)F)c1I. The van der Waals surface area contributed by atoms with Crippen molar-refractivity contribution in [1.29, 1.82) is 0 Å². The molecule has 0 bridgehead atoms. The number of halogens is 4. The number of rotatable bonds is 3. The third-order valence-corrected chi connectivity index (χ3v) is 3.09. The summed E-state index contributed by atoms with van der Waals surface area (Å²) < 4.78 is 42.3. The molecule has 0 unspecified atom stereocenters. The Labute approximate surface area is 110 Å². The van der Waals surface area contributed by atoms with Crippen LogP contribution < -0.4 is 0 Å². The Bertz CT molecular complexity index is 421. The maximum Gasteiger partial charge on any atom is 0.417 e. The van der Waals surface area contributed by atoms with E-state index in [-0.39, 0.29) is 22.3 Å². The zero-order valence-corrected chi connectivity index (χ0v) is 11.0. The van der Waals surface area contributed by atoms with Crippen LogP contribution in [-0.4, -0.2) is 17.6 Å². The van der Waals surface area contributed by atoms with Gasteiger partial charge in [0.15, 0.2) is 0 Å². The molecular weight excluding hydrogens is 350 g/mol. The van der Waals surface area contributed by atoms with Gasteiger partial charge in [0, 0.05) is 9.77 Å². The standard InChI is InChI=1S/C10H9F3INO2/c1-2-17-8(16)5-7-9(14)6(3-4-15-7)10(11,12)13/h3-4H,2,5H2,1H3. The molecule has 0 radical (unpaired) electrons. The van der Waals surface area contributed by atoms with Gasteiger partial charge < -0.3 is 4.74 Å². The number of alkyl halides is 3. The summed E-state index contributed by atoms with van der Waals surface area (Å²) in [4.78, 5) is 14.9. The van der Waals surface area contributed by atoms with Crippen LogP contribution in [0.1, 0.15) is 18.2 Å². The molecule has 0 spiro atoms. The molecule has 0 fully saturated rings. The fourth-order valence-corrected chi connectivity index (χ4v) is 1.99. The predicted octanol–water partition coefficient (Wildman–Crippen LogP) is 2.81. The minimum absolute atomic E-state index is 0.0642. The van der Waals surface area contributed by atoms with E-state index in [2.05, 4.69) is 9.72 Å². The molecule has 0 saturated carbocycles. The Balaban J connectivity index is 2.99. The van der Waals surface area contributed by atoms with Gasteiger partial charge in [-0.25, -0.2) is 0 Å². The zero-order valence-electron chi connectivity index (χ0n) is 8.84. The van der Waals surface area contributed by atoms with E-state index in [1.54, 1.807) is 6.92 Å². The average Bonchev–Trinajstić information content (AvgIpc) is 2.19. The highest BCUT2D eigenvalue weighted by Crippen LogP contribution is 2.33. The van der Waals surface area contributed by atoms with Gasteiger partial charge in [-0.05, 0) is 35.6 Å². The van der Waals surface area contributed by atoms with E-state index < -0.39 is 17.7 Å². The fourth-order valence-electron chi connectivity index (χ4n) is 1.18. The summed E-state index contributed by atoms with van der Waals surface area (Å²) in [6.45, 7) is 1.82. The molecule has 0 aliphatic carbocycles. The molecule has 7 heteroatoms. The highest BCUT2D eigenvalue weighted by Gasteiger charge is 2.34. The number of hydrogen-bond donors (Lipinski definition) is 0. The van der Waals surface area contributed by atoms with Crippen LogP contribution in [0, 0.1) is 3.57 Å².